The molecule has 0 saturated heterocycles. The van der Waals surface area contributed by atoms with E-state index in [4.69, 9.17) is 9.72 Å². The van der Waals surface area contributed by atoms with Crippen LogP contribution in [0.4, 0.5) is 11.5 Å². The van der Waals surface area contributed by atoms with Gasteiger partial charge in [0.15, 0.2) is 0 Å². The summed E-state index contributed by atoms with van der Waals surface area (Å²) in [6, 6.07) is 11.7. The molecular formula is C20H15N5O. The lowest BCUT2D eigenvalue weighted by Crippen LogP contribution is -1.96. The van der Waals surface area contributed by atoms with E-state index in [1.54, 1.807) is 19.5 Å². The predicted octanol–water partition coefficient (Wildman–Crippen LogP) is 4.41. The van der Waals surface area contributed by atoms with Crippen LogP contribution >= 0.6 is 0 Å². The summed E-state index contributed by atoms with van der Waals surface area (Å²) in [5.41, 5.74) is 3.80. The number of rotatable bonds is 3. The number of aromatic amines is 1. The van der Waals surface area contributed by atoms with Crippen LogP contribution in [0.15, 0.2) is 61.2 Å². The molecule has 5 rings (SSSR count). The minimum absolute atomic E-state index is 0.782. The molecule has 5 aromatic rings. The van der Waals surface area contributed by atoms with E-state index in [1.165, 1.54) is 0 Å². The number of H-pyrrole nitrogens is 1. The highest BCUT2D eigenvalue weighted by Crippen LogP contribution is 2.33. The topological polar surface area (TPSA) is 75.7 Å². The Kier molecular flexibility index (Phi) is 3.21. The average Bonchev–Trinajstić information content (AvgIpc) is 3.08. The van der Waals surface area contributed by atoms with Crippen molar-refractivity contribution in [1.82, 2.24) is 19.9 Å². The van der Waals surface area contributed by atoms with E-state index in [9.17, 15) is 0 Å². The molecule has 0 aliphatic rings. The minimum Gasteiger partial charge on any atom is -0.497 e. The quantitative estimate of drug-likeness (QED) is 0.508. The SMILES string of the molecule is COc1ccc(Nc2nc3c4cnccc4[nH]c3c3cnccc23)cc1. The molecule has 4 aromatic heterocycles. The summed E-state index contributed by atoms with van der Waals surface area (Å²) in [4.78, 5) is 16.9. The van der Waals surface area contributed by atoms with Gasteiger partial charge in [-0.3, -0.25) is 9.97 Å². The Morgan fingerprint density at radius 3 is 2.46 bits per heavy atom. The fourth-order valence-electron chi connectivity index (χ4n) is 3.21. The number of fused-ring (bicyclic) bond motifs is 5. The molecule has 6 nitrogen and oxygen atoms in total. The molecular weight excluding hydrogens is 326 g/mol. The molecule has 2 N–H and O–H groups in total. The zero-order chi connectivity index (χ0) is 17.5. The van der Waals surface area contributed by atoms with Crippen molar-refractivity contribution >= 4 is 44.2 Å². The molecule has 126 valence electrons. The summed E-state index contributed by atoms with van der Waals surface area (Å²) < 4.78 is 5.22. The zero-order valence-corrected chi connectivity index (χ0v) is 14.0. The van der Waals surface area contributed by atoms with Crippen LogP contribution in [-0.2, 0) is 0 Å². The third-order valence-corrected chi connectivity index (χ3v) is 4.49. The minimum atomic E-state index is 0.782. The van der Waals surface area contributed by atoms with E-state index in [0.717, 1.165) is 50.0 Å². The number of aromatic nitrogens is 4. The van der Waals surface area contributed by atoms with Crippen LogP contribution in [0.3, 0.4) is 0 Å². The maximum atomic E-state index is 5.22. The second kappa shape index (κ2) is 5.70. The first-order chi connectivity index (χ1) is 12.8. The van der Waals surface area contributed by atoms with Crippen LogP contribution in [0.1, 0.15) is 0 Å². The Bertz CT molecular complexity index is 1240. The van der Waals surface area contributed by atoms with Gasteiger partial charge in [-0.2, -0.15) is 0 Å². The number of hydrogen-bond donors (Lipinski definition) is 2. The lowest BCUT2D eigenvalue weighted by molar-refractivity contribution is 0.415. The molecule has 6 heteroatoms. The zero-order valence-electron chi connectivity index (χ0n) is 14.0. The highest BCUT2D eigenvalue weighted by Gasteiger charge is 2.13. The first-order valence-corrected chi connectivity index (χ1v) is 8.24. The van der Waals surface area contributed by atoms with Gasteiger partial charge in [0.2, 0.25) is 0 Å². The molecule has 0 atom stereocenters. The van der Waals surface area contributed by atoms with E-state index in [-0.39, 0.29) is 0 Å². The lowest BCUT2D eigenvalue weighted by Gasteiger charge is -2.10. The van der Waals surface area contributed by atoms with Crippen molar-refractivity contribution in [3.8, 4) is 5.75 Å². The monoisotopic (exact) mass is 341 g/mol. The van der Waals surface area contributed by atoms with Crippen molar-refractivity contribution in [2.45, 2.75) is 0 Å². The first kappa shape index (κ1) is 14.7. The molecule has 0 spiro atoms. The van der Waals surface area contributed by atoms with Gasteiger partial charge in [-0.15, -0.1) is 0 Å². The fraction of sp³-hybridized carbons (Fsp3) is 0.0500. The number of hydrogen-bond acceptors (Lipinski definition) is 5. The third kappa shape index (κ3) is 2.23. The van der Waals surface area contributed by atoms with Crippen LogP contribution < -0.4 is 10.1 Å². The Hall–Kier alpha value is -3.67. The molecule has 1 aromatic carbocycles. The van der Waals surface area contributed by atoms with Crippen molar-refractivity contribution in [2.75, 3.05) is 12.4 Å². The number of nitrogens with one attached hydrogen (secondary N) is 2. The van der Waals surface area contributed by atoms with Crippen molar-refractivity contribution in [3.05, 3.63) is 61.2 Å². The van der Waals surface area contributed by atoms with Gasteiger partial charge in [0.05, 0.1) is 18.1 Å². The molecule has 4 heterocycles. The predicted molar refractivity (Wildman–Crippen MR) is 103 cm³/mol. The molecule has 0 amide bonds. The summed E-state index contributed by atoms with van der Waals surface area (Å²) in [7, 11) is 1.66. The summed E-state index contributed by atoms with van der Waals surface area (Å²) in [5.74, 6) is 1.60. The summed E-state index contributed by atoms with van der Waals surface area (Å²) in [6.07, 6.45) is 7.25. The van der Waals surface area contributed by atoms with E-state index >= 15 is 0 Å². The number of nitrogens with zero attached hydrogens (tertiary/aromatic N) is 3. The van der Waals surface area contributed by atoms with Crippen molar-refractivity contribution in [3.63, 3.8) is 0 Å². The van der Waals surface area contributed by atoms with Gasteiger partial charge in [-0.1, -0.05) is 0 Å². The molecule has 26 heavy (non-hydrogen) atoms. The molecule has 0 fully saturated rings. The summed E-state index contributed by atoms with van der Waals surface area (Å²) in [6.45, 7) is 0. The molecule has 0 aliphatic carbocycles. The standard InChI is InChI=1S/C20H15N5O/c1-26-13-4-2-12(3-5-13)23-20-14-6-8-21-10-15(14)18-19(25-20)16-11-22-9-7-17(16)24-18/h2-11,24H,1H3,(H,23,25). The summed E-state index contributed by atoms with van der Waals surface area (Å²) in [5, 5.41) is 6.43. The van der Waals surface area contributed by atoms with Gasteiger partial charge in [-0.25, -0.2) is 4.98 Å². The van der Waals surface area contributed by atoms with Crippen LogP contribution in [0, 0.1) is 0 Å². The maximum absolute atomic E-state index is 5.22. The third-order valence-electron chi connectivity index (χ3n) is 4.49. The Labute approximate surface area is 148 Å². The maximum Gasteiger partial charge on any atom is 0.139 e. The molecule has 0 radical (unpaired) electrons. The number of anilines is 2. The molecule has 0 bridgehead atoms. The first-order valence-electron chi connectivity index (χ1n) is 8.24. The van der Waals surface area contributed by atoms with Gasteiger partial charge in [0.1, 0.15) is 17.1 Å². The van der Waals surface area contributed by atoms with E-state index < -0.39 is 0 Å². The Balaban J connectivity index is 1.75. The number of benzene rings is 1. The highest BCUT2D eigenvalue weighted by atomic mass is 16.5. The van der Waals surface area contributed by atoms with Crippen LogP contribution in [0.25, 0.3) is 32.7 Å². The molecule has 0 unspecified atom stereocenters. The lowest BCUT2D eigenvalue weighted by atomic mass is 10.1. The Morgan fingerprint density at radius 2 is 1.65 bits per heavy atom. The highest BCUT2D eigenvalue weighted by molar-refractivity contribution is 6.17. The fourth-order valence-corrected chi connectivity index (χ4v) is 3.21. The number of pyridine rings is 3. The molecule has 0 aliphatic heterocycles. The molecule has 0 saturated carbocycles. The second-order valence-corrected chi connectivity index (χ2v) is 6.01. The average molecular weight is 341 g/mol. The van der Waals surface area contributed by atoms with Crippen molar-refractivity contribution in [1.29, 1.82) is 0 Å². The number of ether oxygens (including phenoxy) is 1. The Morgan fingerprint density at radius 1 is 0.885 bits per heavy atom. The van der Waals surface area contributed by atoms with Crippen LogP contribution in [0.2, 0.25) is 0 Å². The van der Waals surface area contributed by atoms with E-state index in [0.29, 0.717) is 0 Å². The largest absolute Gasteiger partial charge is 0.497 e. The van der Waals surface area contributed by atoms with Crippen molar-refractivity contribution < 1.29 is 4.74 Å². The number of methoxy groups -OCH3 is 1. The normalized spacial score (nSPS) is 11.3. The van der Waals surface area contributed by atoms with Crippen LogP contribution in [-0.4, -0.2) is 27.0 Å². The smallest absolute Gasteiger partial charge is 0.139 e. The van der Waals surface area contributed by atoms with Gasteiger partial charge in [0, 0.05) is 46.6 Å². The van der Waals surface area contributed by atoms with Gasteiger partial charge in [0.25, 0.3) is 0 Å². The van der Waals surface area contributed by atoms with Gasteiger partial charge in [-0.05, 0) is 36.4 Å². The van der Waals surface area contributed by atoms with E-state index in [2.05, 4.69) is 20.3 Å². The van der Waals surface area contributed by atoms with Crippen molar-refractivity contribution in [2.24, 2.45) is 0 Å². The van der Waals surface area contributed by atoms with Gasteiger partial charge < -0.3 is 15.0 Å². The van der Waals surface area contributed by atoms with Crippen LogP contribution in [0.5, 0.6) is 5.75 Å². The second-order valence-electron chi connectivity index (χ2n) is 6.01. The van der Waals surface area contributed by atoms with Gasteiger partial charge >= 0.3 is 0 Å². The summed E-state index contributed by atoms with van der Waals surface area (Å²) >= 11 is 0. The van der Waals surface area contributed by atoms with E-state index in [1.807, 2.05) is 48.8 Å².